The van der Waals surface area contributed by atoms with Crippen LogP contribution in [0.3, 0.4) is 0 Å². The molecule has 1 aromatic heterocycles. The Labute approximate surface area is 208 Å². The average molecular weight is 495 g/mol. The van der Waals surface area contributed by atoms with Crippen molar-refractivity contribution in [2.75, 3.05) is 23.9 Å². The summed E-state index contributed by atoms with van der Waals surface area (Å²) >= 11 is 11.7. The lowest BCUT2D eigenvalue weighted by molar-refractivity contribution is -0.124. The highest BCUT2D eigenvalue weighted by molar-refractivity contribution is 7.80. The van der Waals surface area contributed by atoms with Gasteiger partial charge in [0.25, 0.3) is 5.91 Å². The summed E-state index contributed by atoms with van der Waals surface area (Å²) in [5.74, 6) is 0.167. The van der Waals surface area contributed by atoms with Crippen molar-refractivity contribution in [3.8, 4) is 5.75 Å². The smallest absolute Gasteiger partial charge is 0.256 e. The third-order valence-electron chi connectivity index (χ3n) is 5.55. The van der Waals surface area contributed by atoms with Gasteiger partial charge in [0, 0.05) is 29.6 Å². The Morgan fingerprint density at radius 1 is 1.09 bits per heavy atom. The van der Waals surface area contributed by atoms with E-state index in [9.17, 15) is 9.59 Å². The van der Waals surface area contributed by atoms with Gasteiger partial charge in [-0.05, 0) is 84.9 Å². The number of nitrogens with one attached hydrogen (secondary N) is 1. The van der Waals surface area contributed by atoms with Gasteiger partial charge in [-0.25, -0.2) is 0 Å². The van der Waals surface area contributed by atoms with Crippen molar-refractivity contribution in [2.45, 2.75) is 18.9 Å². The summed E-state index contributed by atoms with van der Waals surface area (Å²) in [7, 11) is 1.58. The topological polar surface area (TPSA) is 74.8 Å². The van der Waals surface area contributed by atoms with Gasteiger partial charge in [0.2, 0.25) is 5.91 Å². The van der Waals surface area contributed by atoms with E-state index < -0.39 is 6.04 Å². The fraction of sp³-hybridized carbons (Fsp3) is 0.200. The number of nitrogens with zero attached hydrogens (tertiary/aromatic N) is 3. The molecule has 2 amide bonds. The molecule has 2 aromatic carbocycles. The van der Waals surface area contributed by atoms with Crippen LogP contribution in [0.1, 0.15) is 12.0 Å². The summed E-state index contributed by atoms with van der Waals surface area (Å²) in [6.07, 6.45) is 4.07. The maximum Gasteiger partial charge on any atom is 0.256 e. The molecule has 9 heteroatoms. The minimum atomic E-state index is -0.719. The molecular weight excluding hydrogens is 472 g/mol. The number of methoxy groups -OCH3 is 1. The lowest BCUT2D eigenvalue weighted by Crippen LogP contribution is -2.39. The van der Waals surface area contributed by atoms with Crippen LogP contribution in [-0.4, -0.2) is 46.5 Å². The van der Waals surface area contributed by atoms with Gasteiger partial charge in [-0.1, -0.05) is 11.6 Å². The van der Waals surface area contributed by atoms with Crippen molar-refractivity contribution in [2.24, 2.45) is 0 Å². The number of rotatable bonds is 8. The number of ether oxygens (including phenoxy) is 1. The lowest BCUT2D eigenvalue weighted by Gasteiger charge is -2.24. The zero-order valence-electron chi connectivity index (χ0n) is 18.5. The Kier molecular flexibility index (Phi) is 7.40. The van der Waals surface area contributed by atoms with Crippen molar-refractivity contribution < 1.29 is 14.3 Å². The fourth-order valence-corrected chi connectivity index (χ4v) is 4.32. The highest BCUT2D eigenvalue weighted by Gasteiger charge is 2.43. The predicted molar refractivity (Wildman–Crippen MR) is 136 cm³/mol. The molecule has 1 aliphatic heterocycles. The Balaban J connectivity index is 1.53. The summed E-state index contributed by atoms with van der Waals surface area (Å²) in [5.41, 5.74) is 2.31. The second kappa shape index (κ2) is 10.6. The maximum atomic E-state index is 13.5. The van der Waals surface area contributed by atoms with Crippen molar-refractivity contribution in [1.82, 2.24) is 9.88 Å². The quantitative estimate of drug-likeness (QED) is 0.470. The van der Waals surface area contributed by atoms with E-state index in [0.29, 0.717) is 40.2 Å². The molecule has 1 N–H and O–H groups in total. The van der Waals surface area contributed by atoms with Crippen molar-refractivity contribution in [1.29, 1.82) is 0 Å². The number of carbonyl (C=O) groups excluding carboxylic acids is 2. The second-order valence-electron chi connectivity index (χ2n) is 7.73. The van der Waals surface area contributed by atoms with Gasteiger partial charge < -0.3 is 15.0 Å². The van der Waals surface area contributed by atoms with E-state index in [1.807, 2.05) is 17.0 Å². The van der Waals surface area contributed by atoms with Crippen molar-refractivity contribution in [3.63, 3.8) is 0 Å². The number of amides is 2. The molecule has 0 saturated carbocycles. The Hall–Kier alpha value is -3.49. The van der Waals surface area contributed by atoms with E-state index in [1.54, 1.807) is 68.0 Å². The largest absolute Gasteiger partial charge is 0.497 e. The number of thiocarbonyl (C=S) groups is 1. The first-order valence-electron chi connectivity index (χ1n) is 10.7. The normalized spacial score (nSPS) is 15.5. The van der Waals surface area contributed by atoms with Crippen LogP contribution in [0.5, 0.6) is 5.75 Å². The van der Waals surface area contributed by atoms with E-state index in [0.717, 1.165) is 5.56 Å². The standard InChI is InChI=1S/C25H23ClN4O3S/c1-33-21-8-4-19(5-9-21)28-23(31)16-22-24(32)30(20-6-2-18(26)3-7-20)25(34)29(22)15-12-17-10-13-27-14-11-17/h2-11,13-14,22H,12,15-16H2,1H3,(H,28,31)/t22-/m1/s1. The summed E-state index contributed by atoms with van der Waals surface area (Å²) in [5, 5.41) is 3.78. The molecule has 1 saturated heterocycles. The van der Waals surface area contributed by atoms with E-state index >= 15 is 0 Å². The highest BCUT2D eigenvalue weighted by atomic mass is 35.5. The van der Waals surface area contributed by atoms with E-state index in [2.05, 4.69) is 10.3 Å². The van der Waals surface area contributed by atoms with Crippen molar-refractivity contribution >= 4 is 52.1 Å². The van der Waals surface area contributed by atoms with Crippen LogP contribution in [0.15, 0.2) is 73.1 Å². The molecule has 0 aliphatic carbocycles. The lowest BCUT2D eigenvalue weighted by atomic mass is 10.1. The highest BCUT2D eigenvalue weighted by Crippen LogP contribution is 2.29. The predicted octanol–water partition coefficient (Wildman–Crippen LogP) is 4.32. The molecule has 0 spiro atoms. The van der Waals surface area contributed by atoms with Gasteiger partial charge in [0.1, 0.15) is 11.8 Å². The minimum Gasteiger partial charge on any atom is -0.497 e. The number of hydrogen-bond acceptors (Lipinski definition) is 5. The third kappa shape index (κ3) is 5.35. The first-order valence-corrected chi connectivity index (χ1v) is 11.5. The minimum absolute atomic E-state index is 0.0363. The Bertz CT molecular complexity index is 1170. The van der Waals surface area contributed by atoms with Gasteiger partial charge >= 0.3 is 0 Å². The van der Waals surface area contributed by atoms with E-state index in [-0.39, 0.29) is 18.2 Å². The van der Waals surface area contributed by atoms with Crippen LogP contribution < -0.4 is 15.0 Å². The van der Waals surface area contributed by atoms with Gasteiger partial charge in [0.05, 0.1) is 19.2 Å². The van der Waals surface area contributed by atoms with Gasteiger partial charge in [-0.3, -0.25) is 19.5 Å². The molecule has 174 valence electrons. The Morgan fingerprint density at radius 3 is 2.41 bits per heavy atom. The van der Waals surface area contributed by atoms with Gasteiger partial charge in [-0.15, -0.1) is 0 Å². The molecule has 34 heavy (non-hydrogen) atoms. The summed E-state index contributed by atoms with van der Waals surface area (Å²) in [6, 6.07) is 17.0. The van der Waals surface area contributed by atoms with Crippen LogP contribution in [0.25, 0.3) is 0 Å². The summed E-state index contributed by atoms with van der Waals surface area (Å²) in [6.45, 7) is 0.485. The zero-order valence-corrected chi connectivity index (χ0v) is 20.1. The number of hydrogen-bond donors (Lipinski definition) is 1. The van der Waals surface area contributed by atoms with Crippen LogP contribution in [0, 0.1) is 0 Å². The number of aromatic nitrogens is 1. The van der Waals surface area contributed by atoms with E-state index in [4.69, 9.17) is 28.6 Å². The van der Waals surface area contributed by atoms with E-state index in [1.165, 1.54) is 4.90 Å². The molecule has 4 rings (SSSR count). The molecule has 0 bridgehead atoms. The number of halogens is 1. The Morgan fingerprint density at radius 2 is 1.76 bits per heavy atom. The SMILES string of the molecule is COc1ccc(NC(=O)C[C@@H]2C(=O)N(c3ccc(Cl)cc3)C(=S)N2CCc2ccncc2)cc1. The average Bonchev–Trinajstić information content (AvgIpc) is 3.08. The summed E-state index contributed by atoms with van der Waals surface area (Å²) < 4.78 is 5.15. The second-order valence-corrected chi connectivity index (χ2v) is 8.53. The molecule has 0 radical (unpaired) electrons. The molecule has 1 atom stereocenters. The monoisotopic (exact) mass is 494 g/mol. The molecule has 1 fully saturated rings. The van der Waals surface area contributed by atoms with Gasteiger partial charge in [0.15, 0.2) is 5.11 Å². The number of benzene rings is 2. The van der Waals surface area contributed by atoms with Gasteiger partial charge in [-0.2, -0.15) is 0 Å². The van der Waals surface area contributed by atoms with Crippen LogP contribution in [-0.2, 0) is 16.0 Å². The third-order valence-corrected chi connectivity index (χ3v) is 6.22. The number of pyridine rings is 1. The molecule has 2 heterocycles. The molecule has 7 nitrogen and oxygen atoms in total. The maximum absolute atomic E-state index is 13.5. The van der Waals surface area contributed by atoms with Crippen LogP contribution in [0.4, 0.5) is 11.4 Å². The molecule has 0 unspecified atom stereocenters. The van der Waals surface area contributed by atoms with Crippen molar-refractivity contribution in [3.05, 3.63) is 83.6 Å². The fourth-order valence-electron chi connectivity index (χ4n) is 3.78. The molecule has 1 aliphatic rings. The molecular formula is C25H23ClN4O3S. The summed E-state index contributed by atoms with van der Waals surface area (Å²) in [4.78, 5) is 33.7. The zero-order chi connectivity index (χ0) is 24.1. The first-order chi connectivity index (χ1) is 16.5. The number of anilines is 2. The first kappa shape index (κ1) is 23.7. The molecule has 3 aromatic rings. The number of carbonyl (C=O) groups is 2. The van der Waals surface area contributed by atoms with Crippen LogP contribution >= 0.6 is 23.8 Å². The van der Waals surface area contributed by atoms with Crippen LogP contribution in [0.2, 0.25) is 5.02 Å².